The van der Waals surface area contributed by atoms with E-state index in [1.165, 1.54) is 0 Å². The predicted molar refractivity (Wildman–Crippen MR) is 138 cm³/mol. The highest BCUT2D eigenvalue weighted by Crippen LogP contribution is 2.22. The normalized spacial score (nSPS) is 11.2. The molecular weight excluding hydrogens is 460 g/mol. The second-order valence-electron chi connectivity index (χ2n) is 8.00. The van der Waals surface area contributed by atoms with Crippen molar-refractivity contribution in [3.63, 3.8) is 0 Å². The Morgan fingerprint density at radius 1 is 1.14 bits per heavy atom. The molecule has 0 spiro atoms. The van der Waals surface area contributed by atoms with Crippen LogP contribution in [0.4, 0.5) is 0 Å². The molecule has 35 heavy (non-hydrogen) atoms. The molecule has 0 radical (unpaired) electrons. The van der Waals surface area contributed by atoms with Crippen LogP contribution < -0.4 is 10.2 Å². The number of benzene rings is 2. The zero-order valence-corrected chi connectivity index (χ0v) is 21.0. The minimum Gasteiger partial charge on any atom is -0.494 e. The van der Waals surface area contributed by atoms with E-state index in [-0.39, 0.29) is 5.91 Å². The molecule has 8 nitrogen and oxygen atoms in total. The van der Waals surface area contributed by atoms with Crippen molar-refractivity contribution in [1.82, 2.24) is 24.8 Å². The molecule has 0 aliphatic carbocycles. The lowest BCUT2D eigenvalue weighted by molar-refractivity contribution is 0.0955. The van der Waals surface area contributed by atoms with Gasteiger partial charge >= 0.3 is 0 Å². The van der Waals surface area contributed by atoms with E-state index in [4.69, 9.17) is 4.74 Å². The average Bonchev–Trinajstić information content (AvgIpc) is 3.40. The van der Waals surface area contributed by atoms with E-state index in [1.54, 1.807) is 36.4 Å². The number of rotatable bonds is 9. The van der Waals surface area contributed by atoms with E-state index in [2.05, 4.69) is 25.3 Å². The molecule has 0 aliphatic heterocycles. The molecule has 0 saturated carbocycles. The monoisotopic (exact) mass is 488 g/mol. The number of carbonyl (C=O) groups is 1. The van der Waals surface area contributed by atoms with E-state index in [1.807, 2.05) is 74.9 Å². The van der Waals surface area contributed by atoms with Crippen molar-refractivity contribution in [2.75, 3.05) is 6.61 Å². The van der Waals surface area contributed by atoms with Gasteiger partial charge in [0.05, 0.1) is 12.8 Å². The molecule has 180 valence electrons. The van der Waals surface area contributed by atoms with Gasteiger partial charge in [0.25, 0.3) is 5.91 Å². The Morgan fingerprint density at radius 3 is 2.54 bits per heavy atom. The van der Waals surface area contributed by atoms with Crippen LogP contribution in [0, 0.1) is 13.8 Å². The molecule has 0 unspecified atom stereocenters. The molecule has 1 amide bonds. The first kappa shape index (κ1) is 24.3. The summed E-state index contributed by atoms with van der Waals surface area (Å²) >= 11 is 1.60. The number of amides is 1. The number of nitrogens with zero attached hydrogens (tertiary/aromatic N) is 5. The lowest BCUT2D eigenvalue weighted by atomic mass is 10.1. The minimum atomic E-state index is -0.255. The average molecular weight is 489 g/mol. The molecule has 2 aromatic heterocycles. The van der Waals surface area contributed by atoms with Gasteiger partial charge in [0, 0.05) is 41.0 Å². The van der Waals surface area contributed by atoms with Gasteiger partial charge in [-0.1, -0.05) is 23.9 Å². The van der Waals surface area contributed by atoms with Gasteiger partial charge in [0.1, 0.15) is 12.1 Å². The standard InChI is InChI=1S/C26H28N6O2S/c1-5-34-24-12-10-23(11-13-24)32-18(2)14-22(19(32)3)15-27-29-25(33)21-8-6-20(7-9-21)16-35-26-30-28-17-31(26)4/h6-15,17H,5,16H2,1-4H3,(H,29,33)/b27-15-. The van der Waals surface area contributed by atoms with Crippen LogP contribution in [0.15, 0.2) is 71.2 Å². The third-order valence-electron chi connectivity index (χ3n) is 5.50. The first-order valence-electron chi connectivity index (χ1n) is 11.3. The van der Waals surface area contributed by atoms with Crippen LogP contribution in [0.25, 0.3) is 5.69 Å². The summed E-state index contributed by atoms with van der Waals surface area (Å²) in [4.78, 5) is 12.5. The number of carbonyl (C=O) groups excluding carboxylic acids is 1. The molecule has 0 aliphatic rings. The summed E-state index contributed by atoms with van der Waals surface area (Å²) in [7, 11) is 1.91. The lowest BCUT2D eigenvalue weighted by Crippen LogP contribution is -2.17. The highest BCUT2D eigenvalue weighted by molar-refractivity contribution is 7.98. The first-order valence-corrected chi connectivity index (χ1v) is 12.3. The quantitative estimate of drug-likeness (QED) is 0.210. The topological polar surface area (TPSA) is 86.3 Å². The van der Waals surface area contributed by atoms with Crippen LogP contribution in [0.2, 0.25) is 0 Å². The van der Waals surface area contributed by atoms with Crippen molar-refractivity contribution in [2.45, 2.75) is 31.7 Å². The molecule has 0 bridgehead atoms. The van der Waals surface area contributed by atoms with Crippen molar-refractivity contribution in [1.29, 1.82) is 0 Å². The highest BCUT2D eigenvalue weighted by Gasteiger charge is 2.10. The minimum absolute atomic E-state index is 0.255. The predicted octanol–water partition coefficient (Wildman–Crippen LogP) is 4.68. The molecule has 0 atom stereocenters. The molecular formula is C26H28N6O2S. The smallest absolute Gasteiger partial charge is 0.271 e. The molecule has 2 heterocycles. The SMILES string of the molecule is CCOc1ccc(-n2c(C)cc(/C=N\NC(=O)c3ccc(CSc4nncn4C)cc3)c2C)cc1. The largest absolute Gasteiger partial charge is 0.494 e. The number of ether oxygens (including phenoxy) is 1. The zero-order valence-electron chi connectivity index (χ0n) is 20.2. The fourth-order valence-electron chi connectivity index (χ4n) is 3.70. The molecule has 1 N–H and O–H groups in total. The van der Waals surface area contributed by atoms with E-state index >= 15 is 0 Å². The Kier molecular flexibility index (Phi) is 7.67. The van der Waals surface area contributed by atoms with E-state index in [0.29, 0.717) is 12.2 Å². The van der Waals surface area contributed by atoms with Crippen LogP contribution in [-0.4, -0.2) is 38.1 Å². The third-order valence-corrected chi connectivity index (χ3v) is 6.61. The summed E-state index contributed by atoms with van der Waals surface area (Å²) in [6, 6.07) is 17.5. The van der Waals surface area contributed by atoms with Crippen molar-refractivity contribution >= 4 is 23.9 Å². The van der Waals surface area contributed by atoms with E-state index in [0.717, 1.165) is 44.9 Å². The maximum absolute atomic E-state index is 12.5. The molecule has 9 heteroatoms. The van der Waals surface area contributed by atoms with Gasteiger partial charge in [0.15, 0.2) is 5.16 Å². The number of nitrogens with one attached hydrogen (secondary N) is 1. The molecule has 4 rings (SSSR count). The van der Waals surface area contributed by atoms with E-state index in [9.17, 15) is 4.79 Å². The summed E-state index contributed by atoms with van der Waals surface area (Å²) in [5.41, 5.74) is 8.37. The number of thioether (sulfide) groups is 1. The van der Waals surface area contributed by atoms with Crippen LogP contribution in [0.1, 0.15) is 39.8 Å². The molecule has 4 aromatic rings. The van der Waals surface area contributed by atoms with Crippen molar-refractivity contribution in [3.05, 3.63) is 89.0 Å². The number of aromatic nitrogens is 4. The van der Waals surface area contributed by atoms with Gasteiger partial charge in [-0.2, -0.15) is 5.10 Å². The second kappa shape index (κ2) is 11.1. The highest BCUT2D eigenvalue weighted by atomic mass is 32.2. The summed E-state index contributed by atoms with van der Waals surface area (Å²) in [5, 5.41) is 13.0. The van der Waals surface area contributed by atoms with Crippen molar-refractivity contribution in [3.8, 4) is 11.4 Å². The van der Waals surface area contributed by atoms with Gasteiger partial charge in [-0.15, -0.1) is 10.2 Å². The van der Waals surface area contributed by atoms with Crippen LogP contribution in [0.3, 0.4) is 0 Å². The van der Waals surface area contributed by atoms with Gasteiger partial charge < -0.3 is 13.9 Å². The van der Waals surface area contributed by atoms with Crippen LogP contribution in [0.5, 0.6) is 5.75 Å². The van der Waals surface area contributed by atoms with Gasteiger partial charge in [0.2, 0.25) is 0 Å². The maximum atomic E-state index is 12.5. The number of hydrogen-bond acceptors (Lipinski definition) is 6. The summed E-state index contributed by atoms with van der Waals surface area (Å²) in [6.45, 7) is 6.68. The molecule has 0 saturated heterocycles. The van der Waals surface area contributed by atoms with Gasteiger partial charge in [-0.05, 0) is 68.8 Å². The Hall–Kier alpha value is -3.85. The van der Waals surface area contributed by atoms with Gasteiger partial charge in [-0.3, -0.25) is 4.79 Å². The fourth-order valence-corrected chi connectivity index (χ4v) is 4.55. The summed E-state index contributed by atoms with van der Waals surface area (Å²) in [6.07, 6.45) is 3.35. The first-order chi connectivity index (χ1) is 17.0. The van der Waals surface area contributed by atoms with Crippen molar-refractivity contribution < 1.29 is 9.53 Å². The van der Waals surface area contributed by atoms with Crippen LogP contribution in [-0.2, 0) is 12.8 Å². The molecule has 0 fully saturated rings. The van der Waals surface area contributed by atoms with Crippen molar-refractivity contribution in [2.24, 2.45) is 12.1 Å². The second-order valence-corrected chi connectivity index (χ2v) is 8.94. The Morgan fingerprint density at radius 2 is 1.89 bits per heavy atom. The number of hydrazone groups is 1. The molecule has 2 aromatic carbocycles. The summed E-state index contributed by atoms with van der Waals surface area (Å²) in [5.74, 6) is 1.34. The third kappa shape index (κ3) is 5.81. The Balaban J connectivity index is 1.37. The van der Waals surface area contributed by atoms with Crippen LogP contribution >= 0.6 is 11.8 Å². The summed E-state index contributed by atoms with van der Waals surface area (Å²) < 4.78 is 9.56. The number of aryl methyl sites for hydroxylation is 2. The number of hydrogen-bond donors (Lipinski definition) is 1. The van der Waals surface area contributed by atoms with E-state index < -0.39 is 0 Å². The Labute approximate surface area is 209 Å². The lowest BCUT2D eigenvalue weighted by Gasteiger charge is -2.10. The van der Waals surface area contributed by atoms with Gasteiger partial charge in [-0.25, -0.2) is 5.43 Å². The fraction of sp³-hybridized carbons (Fsp3) is 0.231. The maximum Gasteiger partial charge on any atom is 0.271 e. The Bertz CT molecular complexity index is 1320. The zero-order chi connectivity index (χ0) is 24.8.